The van der Waals surface area contributed by atoms with Gasteiger partial charge in [0.2, 0.25) is 14.1 Å². The molecule has 0 aliphatic heterocycles. The average molecular weight is 355 g/mol. The highest BCUT2D eigenvalue weighted by atomic mass is 35.5. The second kappa shape index (κ2) is 6.30. The number of Topliss-reactive ketones (excluding diaryl/α,β-unsaturated/α-hetero) is 1. The van der Waals surface area contributed by atoms with E-state index in [1.807, 2.05) is 31.8 Å². The third kappa shape index (κ3) is 3.28. The molecule has 4 nitrogen and oxygen atoms in total. The Bertz CT molecular complexity index is 690. The van der Waals surface area contributed by atoms with Crippen LogP contribution in [0.4, 0.5) is 0 Å². The van der Waals surface area contributed by atoms with E-state index in [4.69, 9.17) is 27.6 Å². The Balaban J connectivity index is 3.73. The van der Waals surface area contributed by atoms with E-state index in [9.17, 15) is 15.3 Å². The summed E-state index contributed by atoms with van der Waals surface area (Å²) in [7, 11) is -2.14. The van der Waals surface area contributed by atoms with Gasteiger partial charge in [-0.25, -0.2) is 0 Å². The zero-order valence-electron chi connectivity index (χ0n) is 12.9. The summed E-state index contributed by atoms with van der Waals surface area (Å²) in [5.41, 5.74) is -1.25. The topological polar surface area (TPSA) is 73.9 Å². The van der Waals surface area contributed by atoms with Gasteiger partial charge in [-0.15, -0.1) is 6.58 Å². The Labute approximate surface area is 141 Å². The van der Waals surface area contributed by atoms with Crippen molar-refractivity contribution >= 4 is 37.3 Å². The van der Waals surface area contributed by atoms with Crippen molar-refractivity contribution in [3.05, 3.63) is 33.5 Å². The fraction of sp³-hybridized carbons (Fsp3) is 0.400. The number of carbonyl (C=O) groups excluding carboxylic acids is 1. The molecule has 1 aliphatic carbocycles. The largest absolute Gasteiger partial charge is 0.543 e. The summed E-state index contributed by atoms with van der Waals surface area (Å²) in [4.78, 5) is 12.5. The number of hydrogen-bond donors (Lipinski definition) is 0. The lowest BCUT2D eigenvalue weighted by molar-refractivity contribution is -0.120. The van der Waals surface area contributed by atoms with Crippen LogP contribution in [-0.2, 0) is 9.22 Å². The molecule has 0 bridgehead atoms. The number of ketones is 1. The van der Waals surface area contributed by atoms with E-state index < -0.39 is 19.5 Å². The quantitative estimate of drug-likeness (QED) is 0.555. The van der Waals surface area contributed by atoms with Crippen molar-refractivity contribution in [1.82, 2.24) is 0 Å². The first-order valence-corrected chi connectivity index (χ1v) is 10.7. The van der Waals surface area contributed by atoms with E-state index >= 15 is 0 Å². The molecule has 0 radical (unpaired) electrons. The molecule has 1 aliphatic rings. The molecular weight excluding hydrogens is 339 g/mol. The Morgan fingerprint density at radius 1 is 1.32 bits per heavy atom. The molecule has 1 atom stereocenters. The van der Waals surface area contributed by atoms with Gasteiger partial charge < -0.3 is 4.43 Å². The number of nitrogens with zero attached hydrogens (tertiary/aromatic N) is 2. The fourth-order valence-electron chi connectivity index (χ4n) is 2.12. The Morgan fingerprint density at radius 2 is 1.86 bits per heavy atom. The summed E-state index contributed by atoms with van der Waals surface area (Å²) in [5, 5.41) is 18.8. The molecule has 0 aromatic heterocycles. The fourth-order valence-corrected chi connectivity index (χ4v) is 3.47. The van der Waals surface area contributed by atoms with Crippen molar-refractivity contribution in [2.75, 3.05) is 0 Å². The van der Waals surface area contributed by atoms with E-state index in [0.29, 0.717) is 5.57 Å². The highest BCUT2D eigenvalue weighted by Gasteiger charge is 2.51. The Hall–Kier alpha value is -1.53. The highest BCUT2D eigenvalue weighted by Crippen LogP contribution is 2.47. The Morgan fingerprint density at radius 3 is 2.23 bits per heavy atom. The standard InChI is InChI=1S/C15H16Cl2N2O2Si/c1-9(2)6-15(8-19)10(7-18)13(21-22(3,4)5)11(16)12(17)14(15)20/h1,6H2,2-5H3. The van der Waals surface area contributed by atoms with E-state index in [2.05, 4.69) is 6.58 Å². The molecule has 1 unspecified atom stereocenters. The molecule has 1 rings (SSSR count). The van der Waals surface area contributed by atoms with Gasteiger partial charge in [0.1, 0.15) is 27.5 Å². The highest BCUT2D eigenvalue weighted by molar-refractivity contribution is 6.70. The van der Waals surface area contributed by atoms with Gasteiger partial charge in [0, 0.05) is 0 Å². The molecule has 0 spiro atoms. The van der Waals surface area contributed by atoms with Crippen LogP contribution in [0.25, 0.3) is 0 Å². The summed E-state index contributed by atoms with van der Waals surface area (Å²) in [6.07, 6.45) is -0.00975. The minimum Gasteiger partial charge on any atom is -0.543 e. The van der Waals surface area contributed by atoms with Crippen LogP contribution in [0.1, 0.15) is 13.3 Å². The van der Waals surface area contributed by atoms with Gasteiger partial charge in [-0.3, -0.25) is 4.79 Å². The van der Waals surface area contributed by atoms with E-state index in [1.54, 1.807) is 6.92 Å². The first kappa shape index (κ1) is 18.5. The molecule has 0 aromatic carbocycles. The summed E-state index contributed by atoms with van der Waals surface area (Å²) in [6.45, 7) is 11.1. The molecule has 0 saturated heterocycles. The summed E-state index contributed by atoms with van der Waals surface area (Å²) in [5.74, 6) is -0.653. The van der Waals surface area contributed by atoms with Crippen LogP contribution in [-0.4, -0.2) is 14.1 Å². The van der Waals surface area contributed by atoms with Crippen LogP contribution in [0, 0.1) is 28.1 Å². The SMILES string of the molecule is C=C(C)CC1(C#N)C(=O)C(Cl)=C(Cl)C(O[Si](C)(C)C)=C1C#N. The van der Waals surface area contributed by atoms with E-state index in [-0.39, 0.29) is 27.8 Å². The molecule has 116 valence electrons. The van der Waals surface area contributed by atoms with Crippen molar-refractivity contribution < 1.29 is 9.22 Å². The molecular formula is C15H16Cl2N2O2Si. The predicted molar refractivity (Wildman–Crippen MR) is 88.3 cm³/mol. The zero-order valence-corrected chi connectivity index (χ0v) is 15.4. The minimum atomic E-state index is -2.14. The number of carbonyl (C=O) groups is 1. The number of hydrogen-bond acceptors (Lipinski definition) is 4. The molecule has 7 heteroatoms. The molecule has 0 saturated carbocycles. The summed E-state index contributed by atoms with van der Waals surface area (Å²) in [6, 6.07) is 3.85. The van der Waals surface area contributed by atoms with Gasteiger partial charge in [-0.1, -0.05) is 28.8 Å². The van der Waals surface area contributed by atoms with Gasteiger partial charge in [0.25, 0.3) is 0 Å². The van der Waals surface area contributed by atoms with Crippen LogP contribution in [0.5, 0.6) is 0 Å². The van der Waals surface area contributed by atoms with Gasteiger partial charge in [-0.2, -0.15) is 10.5 Å². The lowest BCUT2D eigenvalue weighted by Crippen LogP contribution is -2.38. The molecule has 0 N–H and O–H groups in total. The zero-order chi connectivity index (χ0) is 17.3. The van der Waals surface area contributed by atoms with Crippen molar-refractivity contribution in [3.8, 4) is 12.1 Å². The van der Waals surface area contributed by atoms with Crippen LogP contribution in [0.3, 0.4) is 0 Å². The van der Waals surface area contributed by atoms with Gasteiger partial charge >= 0.3 is 0 Å². The second-order valence-electron chi connectivity index (χ2n) is 6.14. The number of rotatable bonds is 4. The normalized spacial score (nSPS) is 22.3. The molecule has 0 heterocycles. The summed E-state index contributed by atoms with van der Waals surface area (Å²) < 4.78 is 5.84. The van der Waals surface area contributed by atoms with Gasteiger partial charge in [0.15, 0.2) is 5.41 Å². The Kier molecular flexibility index (Phi) is 5.30. The smallest absolute Gasteiger partial charge is 0.242 e. The molecule has 22 heavy (non-hydrogen) atoms. The van der Waals surface area contributed by atoms with Crippen LogP contribution in [0.15, 0.2) is 33.5 Å². The maximum Gasteiger partial charge on any atom is 0.242 e. The van der Waals surface area contributed by atoms with Crippen LogP contribution >= 0.6 is 23.2 Å². The minimum absolute atomic E-state index is 0.00975. The first-order chi connectivity index (χ1) is 10.00. The lowest BCUT2D eigenvalue weighted by atomic mass is 9.71. The van der Waals surface area contributed by atoms with Crippen molar-refractivity contribution in [2.24, 2.45) is 5.41 Å². The van der Waals surface area contributed by atoms with Crippen LogP contribution < -0.4 is 0 Å². The second-order valence-corrected chi connectivity index (χ2v) is 11.3. The van der Waals surface area contributed by atoms with Crippen molar-refractivity contribution in [1.29, 1.82) is 10.5 Å². The van der Waals surface area contributed by atoms with E-state index in [1.165, 1.54) is 0 Å². The lowest BCUT2D eigenvalue weighted by Gasteiger charge is -2.33. The summed E-state index contributed by atoms with van der Waals surface area (Å²) >= 11 is 12.1. The van der Waals surface area contributed by atoms with Crippen LogP contribution in [0.2, 0.25) is 19.6 Å². The average Bonchev–Trinajstić information content (AvgIpc) is 2.40. The molecule has 0 aromatic rings. The third-order valence-corrected chi connectivity index (χ3v) is 4.55. The van der Waals surface area contributed by atoms with Gasteiger partial charge in [0.05, 0.1) is 6.07 Å². The molecule has 0 amide bonds. The van der Waals surface area contributed by atoms with Gasteiger partial charge in [-0.05, 0) is 33.0 Å². The molecule has 0 fully saturated rings. The number of halogens is 2. The predicted octanol–water partition coefficient (Wildman–Crippen LogP) is 4.36. The monoisotopic (exact) mass is 354 g/mol. The number of allylic oxidation sites excluding steroid dienone is 4. The van der Waals surface area contributed by atoms with Crippen molar-refractivity contribution in [2.45, 2.75) is 33.0 Å². The van der Waals surface area contributed by atoms with Crippen molar-refractivity contribution in [3.63, 3.8) is 0 Å². The third-order valence-electron chi connectivity index (χ3n) is 2.91. The maximum atomic E-state index is 12.5. The first-order valence-electron chi connectivity index (χ1n) is 6.50. The maximum absolute atomic E-state index is 12.5. The van der Waals surface area contributed by atoms with E-state index in [0.717, 1.165) is 0 Å². The number of nitriles is 2.